The molecule has 3 rings (SSSR count). The van der Waals surface area contributed by atoms with Crippen molar-refractivity contribution < 1.29 is 9.18 Å². The molecule has 1 fully saturated rings. The van der Waals surface area contributed by atoms with Crippen LogP contribution in [0.15, 0.2) is 29.4 Å². The van der Waals surface area contributed by atoms with Crippen LogP contribution in [0.25, 0.3) is 11.4 Å². The third kappa shape index (κ3) is 3.22. The van der Waals surface area contributed by atoms with E-state index in [0.717, 1.165) is 12.8 Å². The Labute approximate surface area is 131 Å². The van der Waals surface area contributed by atoms with Crippen LogP contribution in [0.2, 0.25) is 0 Å². The molecule has 22 heavy (non-hydrogen) atoms. The van der Waals surface area contributed by atoms with Gasteiger partial charge >= 0.3 is 0 Å². The van der Waals surface area contributed by atoms with Gasteiger partial charge < -0.3 is 11.2 Å². The van der Waals surface area contributed by atoms with Gasteiger partial charge in [0, 0.05) is 11.6 Å². The largest absolute Gasteiger partial charge is 0.352 e. The van der Waals surface area contributed by atoms with E-state index in [1.54, 1.807) is 19.1 Å². The third-order valence-electron chi connectivity index (χ3n) is 3.32. The molecule has 1 saturated carbocycles. The summed E-state index contributed by atoms with van der Waals surface area (Å²) in [4.78, 5) is 12.0. The molecule has 3 N–H and O–H groups in total. The molecule has 116 valence electrons. The minimum Gasteiger partial charge on any atom is -0.352 e. The van der Waals surface area contributed by atoms with Crippen LogP contribution in [-0.4, -0.2) is 32.1 Å². The number of thioether (sulfide) groups is 1. The summed E-state index contributed by atoms with van der Waals surface area (Å²) in [6, 6.07) is 6.28. The van der Waals surface area contributed by atoms with Crippen LogP contribution in [0.1, 0.15) is 19.8 Å². The Balaban J connectivity index is 1.74. The number of halogens is 1. The predicted molar refractivity (Wildman–Crippen MR) is 82.1 cm³/mol. The lowest BCUT2D eigenvalue weighted by molar-refractivity contribution is -0.120. The van der Waals surface area contributed by atoms with Crippen molar-refractivity contribution >= 4 is 17.7 Å². The number of nitrogens with two attached hydrogens (primary N) is 1. The average Bonchev–Trinajstić information content (AvgIpc) is 3.23. The Kier molecular flexibility index (Phi) is 4.02. The van der Waals surface area contributed by atoms with Gasteiger partial charge in [-0.25, -0.2) is 9.07 Å². The SMILES string of the molecule is C[C@@H](Sc1nnc(-c2cccc(F)c2)n1N)C(=O)NC1CC1. The van der Waals surface area contributed by atoms with Gasteiger partial charge in [-0.1, -0.05) is 23.9 Å². The number of hydrogen-bond acceptors (Lipinski definition) is 5. The quantitative estimate of drug-likeness (QED) is 0.645. The van der Waals surface area contributed by atoms with Crippen LogP contribution in [0.5, 0.6) is 0 Å². The van der Waals surface area contributed by atoms with E-state index in [2.05, 4.69) is 15.5 Å². The maximum absolute atomic E-state index is 13.3. The van der Waals surface area contributed by atoms with E-state index < -0.39 is 0 Å². The molecule has 2 aromatic rings. The number of nitrogens with one attached hydrogen (secondary N) is 1. The number of nitrogens with zero attached hydrogens (tertiary/aromatic N) is 3. The van der Waals surface area contributed by atoms with Crippen molar-refractivity contribution in [2.75, 3.05) is 5.84 Å². The van der Waals surface area contributed by atoms with Gasteiger partial charge in [0.2, 0.25) is 11.1 Å². The Bertz CT molecular complexity index is 700. The van der Waals surface area contributed by atoms with Gasteiger partial charge in [0.1, 0.15) is 5.82 Å². The van der Waals surface area contributed by atoms with Crippen molar-refractivity contribution in [3.05, 3.63) is 30.1 Å². The summed E-state index contributed by atoms with van der Waals surface area (Å²) in [6.07, 6.45) is 2.08. The minimum absolute atomic E-state index is 0.0391. The Morgan fingerprint density at radius 1 is 1.50 bits per heavy atom. The van der Waals surface area contributed by atoms with Crippen LogP contribution in [0, 0.1) is 5.82 Å². The number of aromatic nitrogens is 3. The number of benzene rings is 1. The smallest absolute Gasteiger partial charge is 0.233 e. The molecule has 0 bridgehead atoms. The number of rotatable bonds is 5. The number of hydrogen-bond donors (Lipinski definition) is 2. The van der Waals surface area contributed by atoms with E-state index in [0.29, 0.717) is 22.6 Å². The molecule has 0 saturated heterocycles. The van der Waals surface area contributed by atoms with E-state index >= 15 is 0 Å². The maximum Gasteiger partial charge on any atom is 0.233 e. The van der Waals surface area contributed by atoms with Crippen molar-refractivity contribution in [1.82, 2.24) is 20.2 Å². The minimum atomic E-state index is -0.369. The summed E-state index contributed by atoms with van der Waals surface area (Å²) in [6.45, 7) is 1.79. The highest BCUT2D eigenvalue weighted by molar-refractivity contribution is 8.00. The van der Waals surface area contributed by atoms with Crippen LogP contribution in [0.3, 0.4) is 0 Å². The summed E-state index contributed by atoms with van der Waals surface area (Å²) in [7, 11) is 0. The fourth-order valence-electron chi connectivity index (χ4n) is 1.94. The second kappa shape index (κ2) is 5.96. The molecule has 1 atom stereocenters. The lowest BCUT2D eigenvalue weighted by atomic mass is 10.2. The molecule has 8 heteroatoms. The fraction of sp³-hybridized carbons (Fsp3) is 0.357. The van der Waals surface area contributed by atoms with Crippen molar-refractivity contribution in [2.24, 2.45) is 0 Å². The van der Waals surface area contributed by atoms with E-state index in [4.69, 9.17) is 5.84 Å². The Hall–Kier alpha value is -2.09. The van der Waals surface area contributed by atoms with Crippen molar-refractivity contribution in [3.8, 4) is 11.4 Å². The van der Waals surface area contributed by atoms with E-state index in [1.807, 2.05) is 0 Å². The normalized spacial score (nSPS) is 15.5. The van der Waals surface area contributed by atoms with Crippen molar-refractivity contribution in [3.63, 3.8) is 0 Å². The lowest BCUT2D eigenvalue weighted by Crippen LogP contribution is -2.32. The van der Waals surface area contributed by atoms with E-state index in [1.165, 1.54) is 28.6 Å². The van der Waals surface area contributed by atoms with Gasteiger partial charge in [0.25, 0.3) is 0 Å². The topological polar surface area (TPSA) is 85.8 Å². The highest BCUT2D eigenvalue weighted by atomic mass is 32.2. The third-order valence-corrected chi connectivity index (χ3v) is 4.38. The molecule has 0 aliphatic heterocycles. The highest BCUT2D eigenvalue weighted by Crippen LogP contribution is 2.26. The zero-order chi connectivity index (χ0) is 15.7. The molecule has 1 aromatic heterocycles. The first-order valence-electron chi connectivity index (χ1n) is 6.98. The molecule has 1 aromatic carbocycles. The number of amides is 1. The molecular weight excluding hydrogens is 305 g/mol. The van der Waals surface area contributed by atoms with Gasteiger partial charge in [-0.3, -0.25) is 4.79 Å². The molecule has 0 unspecified atom stereocenters. The maximum atomic E-state index is 13.3. The van der Waals surface area contributed by atoms with Crippen molar-refractivity contribution in [1.29, 1.82) is 0 Å². The molecule has 1 aliphatic rings. The zero-order valence-corrected chi connectivity index (χ0v) is 12.8. The lowest BCUT2D eigenvalue weighted by Gasteiger charge is -2.10. The number of carbonyl (C=O) groups is 1. The number of nitrogen functional groups attached to an aromatic ring is 1. The molecule has 1 amide bonds. The average molecular weight is 321 g/mol. The standard InChI is InChI=1S/C14H16FN5OS/c1-8(13(21)17-11-5-6-11)22-14-19-18-12(20(14)16)9-3-2-4-10(15)7-9/h2-4,7-8,11H,5-6,16H2,1H3,(H,17,21)/t8-/m1/s1. The first-order valence-corrected chi connectivity index (χ1v) is 7.86. The van der Waals surface area contributed by atoms with Gasteiger partial charge in [-0.2, -0.15) is 0 Å². The van der Waals surface area contributed by atoms with E-state index in [-0.39, 0.29) is 17.0 Å². The van der Waals surface area contributed by atoms with Gasteiger partial charge in [0.05, 0.1) is 5.25 Å². The van der Waals surface area contributed by atoms with Crippen LogP contribution >= 0.6 is 11.8 Å². The molecule has 0 radical (unpaired) electrons. The molecule has 0 spiro atoms. The second-order valence-electron chi connectivity index (χ2n) is 5.23. The monoisotopic (exact) mass is 321 g/mol. The van der Waals surface area contributed by atoms with Crippen molar-refractivity contribution in [2.45, 2.75) is 36.2 Å². The zero-order valence-electron chi connectivity index (χ0n) is 12.0. The summed E-state index contributed by atoms with van der Waals surface area (Å²) in [5.41, 5.74) is 0.539. The molecule has 1 aliphatic carbocycles. The summed E-state index contributed by atoms with van der Waals surface area (Å²) >= 11 is 1.23. The second-order valence-corrected chi connectivity index (χ2v) is 6.54. The number of carbonyl (C=O) groups excluding carboxylic acids is 1. The van der Waals surface area contributed by atoms with Crippen LogP contribution < -0.4 is 11.2 Å². The molecule has 1 heterocycles. The predicted octanol–water partition coefficient (Wildman–Crippen LogP) is 1.56. The molecule has 6 nitrogen and oxygen atoms in total. The first-order chi connectivity index (χ1) is 10.5. The first kappa shape index (κ1) is 14.8. The van der Waals surface area contributed by atoms with Crippen LogP contribution in [0.4, 0.5) is 4.39 Å². The highest BCUT2D eigenvalue weighted by Gasteiger charge is 2.27. The Morgan fingerprint density at radius 2 is 2.27 bits per heavy atom. The summed E-state index contributed by atoms with van der Waals surface area (Å²) in [5, 5.41) is 11.0. The van der Waals surface area contributed by atoms with E-state index in [9.17, 15) is 9.18 Å². The van der Waals surface area contributed by atoms with Gasteiger partial charge in [-0.05, 0) is 31.9 Å². The summed E-state index contributed by atoms with van der Waals surface area (Å²) in [5.74, 6) is 5.91. The van der Waals surface area contributed by atoms with Gasteiger partial charge in [-0.15, -0.1) is 10.2 Å². The van der Waals surface area contributed by atoms with Gasteiger partial charge in [0.15, 0.2) is 5.82 Å². The summed E-state index contributed by atoms with van der Waals surface area (Å²) < 4.78 is 14.6. The Morgan fingerprint density at radius 3 is 2.95 bits per heavy atom. The van der Waals surface area contributed by atoms with Crippen LogP contribution in [-0.2, 0) is 4.79 Å². The molecular formula is C14H16FN5OS. The fourth-order valence-corrected chi connectivity index (χ4v) is 2.72.